The lowest BCUT2D eigenvalue weighted by Gasteiger charge is -2.35. The van der Waals surface area contributed by atoms with Crippen molar-refractivity contribution >= 4 is 6.03 Å². The molecule has 0 aliphatic carbocycles. The third-order valence-electron chi connectivity index (χ3n) is 2.60. The Morgan fingerprint density at radius 3 is 2.50 bits per heavy atom. The number of amides is 2. The molecule has 0 radical (unpaired) electrons. The van der Waals surface area contributed by atoms with Gasteiger partial charge in [0, 0.05) is 58.3 Å². The van der Waals surface area contributed by atoms with Crippen LogP contribution in [0.3, 0.4) is 0 Å². The first kappa shape index (κ1) is 12.6. The minimum atomic E-state index is 0.0645. The van der Waals surface area contributed by atoms with Gasteiger partial charge in [-0.3, -0.25) is 4.90 Å². The first-order valence-corrected chi connectivity index (χ1v) is 5.34. The average molecular weight is 226 g/mol. The summed E-state index contributed by atoms with van der Waals surface area (Å²) in [5, 5.41) is 3.50. The van der Waals surface area contributed by atoms with Gasteiger partial charge in [-0.2, -0.15) is 0 Å². The fraction of sp³-hybridized carbons (Fsp3) is 0.889. The molecule has 0 unspecified atom stereocenters. The Labute approximate surface area is 95.2 Å². The van der Waals surface area contributed by atoms with E-state index in [9.17, 15) is 4.79 Å². The van der Waals surface area contributed by atoms with Gasteiger partial charge < -0.3 is 9.80 Å². The maximum Gasteiger partial charge on any atom is 0.319 e. The molecule has 1 rings (SSSR count). The van der Waals surface area contributed by atoms with Crippen molar-refractivity contribution in [2.24, 2.45) is 5.11 Å². The smallest absolute Gasteiger partial charge is 0.319 e. The average Bonchev–Trinajstić information content (AvgIpc) is 2.29. The van der Waals surface area contributed by atoms with E-state index in [1.807, 2.05) is 4.90 Å². The molecule has 0 aromatic carbocycles. The van der Waals surface area contributed by atoms with Crippen LogP contribution in [0, 0.1) is 0 Å². The third kappa shape index (κ3) is 3.60. The van der Waals surface area contributed by atoms with E-state index in [2.05, 4.69) is 14.9 Å². The first-order valence-electron chi connectivity index (χ1n) is 5.34. The Morgan fingerprint density at radius 2 is 2.00 bits per heavy atom. The highest BCUT2D eigenvalue weighted by molar-refractivity contribution is 5.73. The van der Waals surface area contributed by atoms with E-state index in [0.29, 0.717) is 6.54 Å². The van der Waals surface area contributed by atoms with Gasteiger partial charge in [0.15, 0.2) is 0 Å². The predicted molar refractivity (Wildman–Crippen MR) is 61.1 cm³/mol. The molecule has 0 aromatic heterocycles. The van der Waals surface area contributed by atoms with Crippen molar-refractivity contribution in [1.29, 1.82) is 0 Å². The van der Waals surface area contributed by atoms with Gasteiger partial charge in [-0.1, -0.05) is 5.11 Å². The number of rotatable bonds is 3. The van der Waals surface area contributed by atoms with Crippen LogP contribution in [-0.2, 0) is 0 Å². The Morgan fingerprint density at radius 1 is 1.38 bits per heavy atom. The Balaban J connectivity index is 2.28. The summed E-state index contributed by atoms with van der Waals surface area (Å²) in [5.74, 6) is 0. The van der Waals surface area contributed by atoms with Crippen molar-refractivity contribution in [3.8, 4) is 0 Å². The number of azide groups is 1. The van der Waals surface area contributed by atoms with E-state index in [-0.39, 0.29) is 6.03 Å². The highest BCUT2D eigenvalue weighted by atomic mass is 16.2. The van der Waals surface area contributed by atoms with Crippen LogP contribution in [0.2, 0.25) is 0 Å². The SMILES string of the molecule is CN(C)C(=O)N1CCN(CCN=[N+]=[N-])CC1. The van der Waals surface area contributed by atoms with Gasteiger partial charge in [0.1, 0.15) is 0 Å². The van der Waals surface area contributed by atoms with Crippen molar-refractivity contribution in [2.75, 3.05) is 53.4 Å². The van der Waals surface area contributed by atoms with Crippen molar-refractivity contribution in [3.05, 3.63) is 10.4 Å². The van der Waals surface area contributed by atoms with Gasteiger partial charge >= 0.3 is 6.03 Å². The van der Waals surface area contributed by atoms with Gasteiger partial charge in [-0.15, -0.1) is 0 Å². The summed E-state index contributed by atoms with van der Waals surface area (Å²) >= 11 is 0. The van der Waals surface area contributed by atoms with Gasteiger partial charge in [0.05, 0.1) is 0 Å². The quantitative estimate of drug-likeness (QED) is 0.401. The molecule has 0 saturated carbocycles. The van der Waals surface area contributed by atoms with Crippen LogP contribution in [0.4, 0.5) is 4.79 Å². The van der Waals surface area contributed by atoms with Crippen LogP contribution in [0.1, 0.15) is 0 Å². The van der Waals surface area contributed by atoms with Crippen LogP contribution in [0.25, 0.3) is 10.4 Å². The van der Waals surface area contributed by atoms with Crippen molar-refractivity contribution < 1.29 is 4.79 Å². The second-order valence-electron chi connectivity index (χ2n) is 3.96. The normalized spacial score (nSPS) is 16.8. The lowest BCUT2D eigenvalue weighted by molar-refractivity contribution is 0.125. The summed E-state index contributed by atoms with van der Waals surface area (Å²) in [6.45, 7) is 4.45. The minimum Gasteiger partial charge on any atom is -0.331 e. The molecule has 7 nitrogen and oxygen atoms in total. The summed E-state index contributed by atoms with van der Waals surface area (Å²) in [4.78, 5) is 20.0. The molecule has 0 atom stereocenters. The van der Waals surface area contributed by atoms with Crippen molar-refractivity contribution in [1.82, 2.24) is 14.7 Å². The van der Waals surface area contributed by atoms with Crippen LogP contribution in [-0.4, -0.2) is 74.1 Å². The van der Waals surface area contributed by atoms with Gasteiger partial charge in [0.2, 0.25) is 0 Å². The topological polar surface area (TPSA) is 75.6 Å². The fourth-order valence-corrected chi connectivity index (χ4v) is 1.68. The number of hydrogen-bond acceptors (Lipinski definition) is 3. The first-order chi connectivity index (χ1) is 7.65. The molecule has 0 spiro atoms. The Bertz CT molecular complexity index is 278. The van der Waals surface area contributed by atoms with E-state index < -0.39 is 0 Å². The second kappa shape index (κ2) is 6.19. The van der Waals surface area contributed by atoms with Gasteiger partial charge in [-0.05, 0) is 5.53 Å². The molecule has 1 saturated heterocycles. The lowest BCUT2D eigenvalue weighted by Crippen LogP contribution is -2.51. The molecule has 1 heterocycles. The number of carbonyl (C=O) groups excluding carboxylic acids is 1. The van der Waals surface area contributed by atoms with E-state index >= 15 is 0 Å². The molecular formula is C9H18N6O. The molecule has 7 heteroatoms. The number of urea groups is 1. The third-order valence-corrected chi connectivity index (χ3v) is 2.60. The van der Waals surface area contributed by atoms with Crippen molar-refractivity contribution in [3.63, 3.8) is 0 Å². The monoisotopic (exact) mass is 226 g/mol. The van der Waals surface area contributed by atoms with Crippen molar-refractivity contribution in [2.45, 2.75) is 0 Å². The number of carbonyl (C=O) groups is 1. The maximum atomic E-state index is 11.6. The zero-order valence-corrected chi connectivity index (χ0v) is 9.83. The van der Waals surface area contributed by atoms with E-state index in [1.165, 1.54) is 0 Å². The predicted octanol–water partition coefficient (Wildman–Crippen LogP) is 0.596. The summed E-state index contributed by atoms with van der Waals surface area (Å²) in [6.07, 6.45) is 0. The van der Waals surface area contributed by atoms with Crippen LogP contribution >= 0.6 is 0 Å². The van der Waals surface area contributed by atoms with E-state index in [4.69, 9.17) is 5.53 Å². The second-order valence-corrected chi connectivity index (χ2v) is 3.96. The molecule has 0 bridgehead atoms. The lowest BCUT2D eigenvalue weighted by atomic mass is 10.3. The summed E-state index contributed by atoms with van der Waals surface area (Å²) < 4.78 is 0. The summed E-state index contributed by atoms with van der Waals surface area (Å²) in [7, 11) is 3.52. The molecule has 2 amide bonds. The molecule has 1 fully saturated rings. The number of piperazine rings is 1. The summed E-state index contributed by atoms with van der Waals surface area (Å²) in [5.41, 5.74) is 8.15. The Hall–Kier alpha value is -1.46. The standard InChI is InChI=1S/C9H18N6O/c1-13(2)9(16)15-7-5-14(6-8-15)4-3-11-12-10/h3-8H2,1-2H3. The van der Waals surface area contributed by atoms with Crippen LogP contribution < -0.4 is 0 Å². The fourth-order valence-electron chi connectivity index (χ4n) is 1.68. The molecule has 0 N–H and O–H groups in total. The molecular weight excluding hydrogens is 208 g/mol. The van der Waals surface area contributed by atoms with E-state index in [1.54, 1.807) is 19.0 Å². The maximum absolute atomic E-state index is 11.6. The zero-order valence-electron chi connectivity index (χ0n) is 9.83. The highest BCUT2D eigenvalue weighted by Crippen LogP contribution is 2.03. The molecule has 90 valence electrons. The number of nitrogens with zero attached hydrogens (tertiary/aromatic N) is 6. The van der Waals surface area contributed by atoms with Gasteiger partial charge in [0.25, 0.3) is 0 Å². The molecule has 16 heavy (non-hydrogen) atoms. The Kier molecular flexibility index (Phi) is 4.88. The molecule has 1 aliphatic rings. The number of hydrogen-bond donors (Lipinski definition) is 0. The molecule has 0 aromatic rings. The van der Waals surface area contributed by atoms with Crippen LogP contribution in [0.5, 0.6) is 0 Å². The summed E-state index contributed by atoms with van der Waals surface area (Å²) in [6, 6.07) is 0.0645. The highest BCUT2D eigenvalue weighted by Gasteiger charge is 2.21. The largest absolute Gasteiger partial charge is 0.331 e. The van der Waals surface area contributed by atoms with Gasteiger partial charge in [-0.25, -0.2) is 4.79 Å². The molecule has 1 aliphatic heterocycles. The van der Waals surface area contributed by atoms with E-state index in [0.717, 1.165) is 32.7 Å². The minimum absolute atomic E-state index is 0.0645. The zero-order chi connectivity index (χ0) is 12.0. The van der Waals surface area contributed by atoms with Crippen LogP contribution in [0.15, 0.2) is 5.11 Å².